The highest BCUT2D eigenvalue weighted by molar-refractivity contribution is 8.24. The summed E-state index contributed by atoms with van der Waals surface area (Å²) in [5.41, 5.74) is 2.95. The number of carbonyl (C=O) groups is 1. The van der Waals surface area contributed by atoms with Crippen LogP contribution in [0.25, 0.3) is 0 Å². The van der Waals surface area contributed by atoms with Crippen LogP contribution in [0.1, 0.15) is 57.9 Å². The van der Waals surface area contributed by atoms with Crippen molar-refractivity contribution in [1.82, 2.24) is 0 Å². The Morgan fingerprint density at radius 1 is 1.13 bits per heavy atom. The van der Waals surface area contributed by atoms with Crippen molar-refractivity contribution in [2.24, 2.45) is 5.92 Å². The van der Waals surface area contributed by atoms with Crippen LogP contribution >= 0.6 is 10.6 Å². The Morgan fingerprint density at radius 2 is 1.82 bits per heavy atom. The zero-order valence-electron chi connectivity index (χ0n) is 21.8. The van der Waals surface area contributed by atoms with Gasteiger partial charge < -0.3 is 24.8 Å². The number of nitrogens with zero attached hydrogens (tertiary/aromatic N) is 1. The third-order valence-corrected chi connectivity index (χ3v) is 8.73. The van der Waals surface area contributed by atoms with Crippen molar-refractivity contribution < 1.29 is 37.3 Å². The lowest BCUT2D eigenvalue weighted by Gasteiger charge is -2.45. The number of rotatable bonds is 10. The van der Waals surface area contributed by atoms with Crippen LogP contribution in [-0.4, -0.2) is 50.6 Å². The quantitative estimate of drug-likeness (QED) is 0.246. The van der Waals surface area contributed by atoms with Gasteiger partial charge in [0.1, 0.15) is 0 Å². The number of ether oxygens (including phenoxy) is 2. The Bertz CT molecular complexity index is 1150. The summed E-state index contributed by atoms with van der Waals surface area (Å²) in [6, 6.07) is 10.4. The van der Waals surface area contributed by atoms with E-state index in [4.69, 9.17) is 0 Å². The van der Waals surface area contributed by atoms with Crippen LogP contribution in [0.15, 0.2) is 36.4 Å². The van der Waals surface area contributed by atoms with Gasteiger partial charge in [0.05, 0.1) is 17.8 Å². The van der Waals surface area contributed by atoms with Crippen LogP contribution in [0.4, 0.5) is 25.8 Å². The molecule has 0 bridgehead atoms. The second kappa shape index (κ2) is 11.2. The fourth-order valence-electron chi connectivity index (χ4n) is 5.09. The minimum absolute atomic E-state index is 0.00934. The zero-order valence-corrected chi connectivity index (χ0v) is 22.6. The number of anilines is 3. The van der Waals surface area contributed by atoms with E-state index in [2.05, 4.69) is 33.5 Å². The van der Waals surface area contributed by atoms with Gasteiger partial charge in [-0.1, -0.05) is 26.8 Å². The van der Waals surface area contributed by atoms with Gasteiger partial charge in [-0.25, -0.2) is 0 Å². The number of carboxylic acid groups (broad SMARTS) is 1. The predicted octanol–water partition coefficient (Wildman–Crippen LogP) is 7.10. The molecule has 0 spiro atoms. The molecule has 2 heterocycles. The van der Waals surface area contributed by atoms with Gasteiger partial charge in [0.15, 0.2) is 11.5 Å². The van der Waals surface area contributed by atoms with Crippen molar-refractivity contribution in [3.8, 4) is 11.5 Å². The first-order chi connectivity index (χ1) is 17.9. The molecule has 2 aromatic rings. The third-order valence-electron chi connectivity index (χ3n) is 6.95. The number of carboxylic acids is 1. The molecule has 0 amide bonds. The number of alkyl halides is 2. The molecule has 0 aliphatic carbocycles. The number of halogens is 2. The molecule has 11 heteroatoms. The molecule has 1 saturated heterocycles. The van der Waals surface area contributed by atoms with Crippen LogP contribution in [0.2, 0.25) is 0 Å². The van der Waals surface area contributed by atoms with E-state index in [9.17, 15) is 27.8 Å². The highest BCUT2D eigenvalue weighted by Gasteiger charge is 2.43. The number of nitrogens with one attached hydrogen (secondary N) is 1. The maximum absolute atomic E-state index is 13.6. The highest BCUT2D eigenvalue weighted by Crippen LogP contribution is 2.47. The molecule has 1 atom stereocenters. The molecule has 210 valence electrons. The molecular formula is C27H36F2N2O6S. The largest absolute Gasteiger partial charge is 0.586 e. The number of hydrogen-bond acceptors (Lipinski definition) is 7. The van der Waals surface area contributed by atoms with E-state index in [1.807, 2.05) is 25.1 Å². The molecule has 4 rings (SSSR count). The van der Waals surface area contributed by atoms with Crippen LogP contribution in [-0.2, 0) is 4.79 Å². The van der Waals surface area contributed by atoms with E-state index in [0.29, 0.717) is 48.1 Å². The minimum Gasteiger partial charge on any atom is -0.481 e. The second-order valence-electron chi connectivity index (χ2n) is 10.4. The second-order valence-corrected chi connectivity index (χ2v) is 12.8. The topological polar surface area (TPSA) is 111 Å². The lowest BCUT2D eigenvalue weighted by Crippen LogP contribution is -2.42. The Morgan fingerprint density at radius 3 is 2.45 bits per heavy atom. The molecule has 38 heavy (non-hydrogen) atoms. The molecule has 0 aromatic heterocycles. The van der Waals surface area contributed by atoms with E-state index >= 15 is 0 Å². The first-order valence-corrected chi connectivity index (χ1v) is 14.8. The van der Waals surface area contributed by atoms with Crippen molar-refractivity contribution in [2.75, 3.05) is 28.3 Å². The molecule has 2 aromatic carbocycles. The summed E-state index contributed by atoms with van der Waals surface area (Å²) in [6.45, 7) is 6.89. The average Bonchev–Trinajstić information content (AvgIpc) is 3.14. The van der Waals surface area contributed by atoms with Gasteiger partial charge >= 0.3 is 12.3 Å². The van der Waals surface area contributed by atoms with Gasteiger partial charge in [-0.05, 0) is 60.9 Å². The Hall–Kier alpha value is -2.76. The molecular weight excluding hydrogens is 518 g/mol. The van der Waals surface area contributed by atoms with Crippen molar-refractivity contribution in [2.45, 2.75) is 64.7 Å². The molecule has 0 radical (unpaired) electrons. The van der Waals surface area contributed by atoms with E-state index in [1.54, 1.807) is 6.07 Å². The molecule has 1 fully saturated rings. The fraction of sp³-hybridized carbons (Fsp3) is 0.519. The molecule has 2 aliphatic heterocycles. The van der Waals surface area contributed by atoms with Crippen molar-refractivity contribution in [3.05, 3.63) is 42.0 Å². The SMILES string of the molecule is CCC(CC(=O)O)c1ccc(N(CC(C)C)C2CCS(O)(O)CC2)c(Nc2ccc3c(c2)OC(F)(F)O3)c1. The lowest BCUT2D eigenvalue weighted by atomic mass is 9.92. The predicted molar refractivity (Wildman–Crippen MR) is 145 cm³/mol. The maximum Gasteiger partial charge on any atom is 0.586 e. The lowest BCUT2D eigenvalue weighted by molar-refractivity contribution is -0.286. The van der Waals surface area contributed by atoms with Crippen LogP contribution in [0, 0.1) is 5.92 Å². The Labute approximate surface area is 223 Å². The van der Waals surface area contributed by atoms with Gasteiger partial charge in [-0.15, -0.1) is 8.78 Å². The number of aliphatic carboxylic acids is 1. The monoisotopic (exact) mass is 554 g/mol. The highest BCUT2D eigenvalue weighted by atomic mass is 32.3. The molecule has 8 nitrogen and oxygen atoms in total. The van der Waals surface area contributed by atoms with Gasteiger partial charge in [0, 0.05) is 35.8 Å². The maximum atomic E-state index is 13.6. The minimum atomic E-state index is -3.72. The number of benzene rings is 2. The summed E-state index contributed by atoms with van der Waals surface area (Å²) < 4.78 is 56.6. The van der Waals surface area contributed by atoms with E-state index in [0.717, 1.165) is 17.8 Å². The molecule has 4 N–H and O–H groups in total. The van der Waals surface area contributed by atoms with Crippen LogP contribution in [0.3, 0.4) is 0 Å². The average molecular weight is 555 g/mol. The Balaban J connectivity index is 1.73. The van der Waals surface area contributed by atoms with Gasteiger partial charge in [-0.2, -0.15) is 10.6 Å². The summed E-state index contributed by atoms with van der Waals surface area (Å²) in [5.74, 6) is -0.197. The van der Waals surface area contributed by atoms with E-state index < -0.39 is 22.9 Å². The standard InChI is InChI=1S/C27H36F2N2O6S/c1-4-18(14-26(32)33)19-5-7-23(31(16-17(2)3)21-9-11-38(34,35)12-10-21)22(13-19)30-20-6-8-24-25(15-20)37-27(28,29)36-24/h5-8,13,15,17-18,21,30,34-35H,4,9-12,14,16H2,1-3H3,(H,32,33). The van der Waals surface area contributed by atoms with E-state index in [-0.39, 0.29) is 29.9 Å². The number of fused-ring (bicyclic) bond motifs is 1. The van der Waals surface area contributed by atoms with Crippen LogP contribution < -0.4 is 19.7 Å². The first-order valence-electron chi connectivity index (χ1n) is 12.9. The van der Waals surface area contributed by atoms with Gasteiger partial charge in [-0.3, -0.25) is 13.9 Å². The molecule has 1 unspecified atom stereocenters. The van der Waals surface area contributed by atoms with Gasteiger partial charge in [0.25, 0.3) is 0 Å². The third kappa shape index (κ3) is 6.81. The van der Waals surface area contributed by atoms with E-state index in [1.165, 1.54) is 12.1 Å². The van der Waals surface area contributed by atoms with Crippen molar-refractivity contribution >= 4 is 33.6 Å². The smallest absolute Gasteiger partial charge is 0.481 e. The summed E-state index contributed by atoms with van der Waals surface area (Å²) in [6.07, 6.45) is -1.83. The Kier molecular flexibility index (Phi) is 8.29. The fourth-order valence-corrected chi connectivity index (χ4v) is 6.60. The summed E-state index contributed by atoms with van der Waals surface area (Å²) in [4.78, 5) is 13.8. The normalized spacial score (nSPS) is 19.7. The zero-order chi connectivity index (χ0) is 27.7. The molecule has 2 aliphatic rings. The summed E-state index contributed by atoms with van der Waals surface area (Å²) in [5, 5.41) is 12.8. The van der Waals surface area contributed by atoms with Crippen molar-refractivity contribution in [3.63, 3.8) is 0 Å². The first kappa shape index (κ1) is 28.3. The number of hydrogen-bond donors (Lipinski definition) is 4. The molecule has 0 saturated carbocycles. The van der Waals surface area contributed by atoms with Gasteiger partial charge in [0.2, 0.25) is 0 Å². The summed E-state index contributed by atoms with van der Waals surface area (Å²) in [7, 11) is -2.55. The van der Waals surface area contributed by atoms with Crippen molar-refractivity contribution in [1.29, 1.82) is 0 Å². The summed E-state index contributed by atoms with van der Waals surface area (Å²) >= 11 is 0. The van der Waals surface area contributed by atoms with Crippen LogP contribution in [0.5, 0.6) is 11.5 Å².